The summed E-state index contributed by atoms with van der Waals surface area (Å²) in [7, 11) is 0. The molecule has 0 saturated carbocycles. The summed E-state index contributed by atoms with van der Waals surface area (Å²) in [5, 5.41) is 43.5. The molecule has 376 valence electrons. The van der Waals surface area contributed by atoms with E-state index in [4.69, 9.17) is 0 Å². The van der Waals surface area contributed by atoms with Crippen molar-refractivity contribution in [2.75, 3.05) is 0 Å². The van der Waals surface area contributed by atoms with E-state index in [-0.39, 0.29) is 199 Å². The minimum atomic E-state index is -1.56. The molecule has 0 spiro atoms. The van der Waals surface area contributed by atoms with Gasteiger partial charge in [-0.25, -0.2) is 19.9 Å². The average Bonchev–Trinajstić information content (AvgIpc) is 3.98. The number of hydrogen-bond donors (Lipinski definition) is 4. The van der Waals surface area contributed by atoms with Crippen LogP contribution in [0.25, 0.3) is 40.9 Å². The van der Waals surface area contributed by atoms with Crippen LogP contribution in [0.3, 0.4) is 0 Å². The Morgan fingerprint density at radius 1 is 0.347 bits per heavy atom. The number of hydrogen-bond acceptors (Lipinski definition) is 24. The molecule has 0 aliphatic rings. The Balaban J connectivity index is -0.000000894. The molecule has 0 aliphatic carbocycles. The van der Waals surface area contributed by atoms with E-state index < -0.39 is 69.4 Å². The van der Waals surface area contributed by atoms with Gasteiger partial charge in [-0.1, -0.05) is 0 Å². The van der Waals surface area contributed by atoms with Gasteiger partial charge in [-0.2, -0.15) is 0 Å². The molecule has 8 aromatic heterocycles. The fraction of sp³-hybridized carbons (Fsp3) is 0.200. The number of aromatic amines is 4. The van der Waals surface area contributed by atoms with Gasteiger partial charge in [0.1, 0.15) is 43.2 Å². The molecule has 0 atom stereocenters. The summed E-state index contributed by atoms with van der Waals surface area (Å²) >= 11 is 4.02. The van der Waals surface area contributed by atoms with Crippen molar-refractivity contribution in [2.24, 2.45) is 0 Å². The molecular weight excluding hydrogens is 1120 g/mol. The molecule has 27 nitrogen and oxygen atoms in total. The zero-order chi connectivity index (χ0) is 51.0. The molecule has 0 aromatic carbocycles. The maximum absolute atomic E-state index is 11.7. The van der Waals surface area contributed by atoms with Crippen molar-refractivity contribution in [3.05, 3.63) is 106 Å². The first-order valence-corrected chi connectivity index (χ1v) is 22.0. The van der Waals surface area contributed by atoms with Crippen molar-refractivity contribution in [1.82, 2.24) is 39.9 Å². The minimum absolute atomic E-state index is 0. The smallest absolute Gasteiger partial charge is 0.542 e. The summed E-state index contributed by atoms with van der Waals surface area (Å²) in [6.45, 7) is 12.0. The van der Waals surface area contributed by atoms with E-state index in [1.807, 2.05) is 0 Å². The third-order valence-electron chi connectivity index (χ3n) is 9.25. The molecule has 0 aliphatic heterocycles. The number of carboxylic acids is 4. The van der Waals surface area contributed by atoms with Crippen LogP contribution < -0.4 is 161 Å². The Bertz CT molecular complexity index is 3310. The van der Waals surface area contributed by atoms with E-state index in [1.165, 1.54) is 27.7 Å². The van der Waals surface area contributed by atoms with Gasteiger partial charge >= 0.3 is 118 Å². The Hall–Kier alpha value is -4.20. The third-order valence-corrected chi connectivity index (χ3v) is 14.4. The zero-order valence-corrected chi connectivity index (χ0v) is 52.7. The van der Waals surface area contributed by atoms with Crippen molar-refractivity contribution in [3.8, 4) is 0 Å². The molecule has 0 amide bonds. The number of carbonyl (C=O) groups is 8. The minimum Gasteiger partial charge on any atom is -0.542 e. The number of nitrogens with zero attached hydrogens (tertiary/aromatic N) is 4. The predicted octanol–water partition coefficient (Wildman–Crippen LogP) is -15.0. The first kappa shape index (κ1) is 75.0. The normalized spacial score (nSPS) is 9.71. The standard InChI is InChI=1S/4C10H8N2O4S.4Na.3H2O/c4*1-3-5-8(14)11-7(10(15)16)12-9(5)17-6(3)4(2)13;;;;;;;/h4*1-2H3,(H,15,16)(H,11,12,14);;;;;3*1H2/q;;;;4*+1;;;/p-4. The van der Waals surface area contributed by atoms with Gasteiger partial charge in [0.25, 0.3) is 22.2 Å². The summed E-state index contributed by atoms with van der Waals surface area (Å²) in [5.41, 5.74) is -0.198. The number of aryl methyl sites for hydroxylation is 4. The van der Waals surface area contributed by atoms with Gasteiger partial charge in [-0.05, 0) is 77.6 Å². The first-order chi connectivity index (χ1) is 31.7. The number of ketones is 4. The summed E-state index contributed by atoms with van der Waals surface area (Å²) in [4.78, 5) is 160. The van der Waals surface area contributed by atoms with Gasteiger partial charge < -0.3 is 76.0 Å². The number of carboxylic acid groups (broad SMARTS) is 4. The molecule has 0 bridgehead atoms. The monoisotopic (exact) mass is 1150 g/mol. The molecule has 0 saturated heterocycles. The Morgan fingerprint density at radius 3 is 0.613 bits per heavy atom. The van der Waals surface area contributed by atoms with E-state index in [0.717, 1.165) is 45.3 Å². The van der Waals surface area contributed by atoms with Crippen LogP contribution >= 0.6 is 45.3 Å². The van der Waals surface area contributed by atoms with Crippen LogP contribution in [0.5, 0.6) is 0 Å². The number of rotatable bonds is 8. The summed E-state index contributed by atoms with van der Waals surface area (Å²) in [6.07, 6.45) is 0. The van der Waals surface area contributed by atoms with Crippen molar-refractivity contribution in [3.63, 3.8) is 0 Å². The van der Waals surface area contributed by atoms with E-state index in [1.54, 1.807) is 27.7 Å². The van der Waals surface area contributed by atoms with Crippen LogP contribution in [0.2, 0.25) is 0 Å². The molecule has 8 heterocycles. The Morgan fingerprint density at radius 2 is 0.493 bits per heavy atom. The molecule has 10 N–H and O–H groups in total. The average molecular weight is 1150 g/mol. The van der Waals surface area contributed by atoms with E-state index in [2.05, 4.69) is 39.9 Å². The van der Waals surface area contributed by atoms with Crippen molar-refractivity contribution in [2.45, 2.75) is 55.4 Å². The van der Waals surface area contributed by atoms with Crippen molar-refractivity contribution < 1.29 is 193 Å². The Kier molecular flexibility index (Phi) is 30.7. The van der Waals surface area contributed by atoms with E-state index in [0.29, 0.717) is 41.8 Å². The number of aromatic nitrogens is 8. The Labute approximate surface area is 522 Å². The second-order valence-electron chi connectivity index (χ2n) is 14.0. The van der Waals surface area contributed by atoms with Crippen molar-refractivity contribution >= 4 is 133 Å². The number of carbonyl (C=O) groups excluding carboxylic acids is 8. The van der Waals surface area contributed by atoms with Crippen LogP contribution in [0, 0.1) is 27.7 Å². The number of aromatic carboxylic acids is 4. The molecule has 0 radical (unpaired) electrons. The fourth-order valence-corrected chi connectivity index (χ4v) is 10.6. The van der Waals surface area contributed by atoms with Crippen LogP contribution in [0.15, 0.2) is 19.2 Å². The second kappa shape index (κ2) is 30.7. The molecule has 75 heavy (non-hydrogen) atoms. The van der Waals surface area contributed by atoms with Gasteiger partial charge in [0.05, 0.1) is 41.1 Å². The molecule has 0 fully saturated rings. The number of nitrogens with one attached hydrogen (secondary N) is 4. The zero-order valence-electron chi connectivity index (χ0n) is 41.5. The van der Waals surface area contributed by atoms with E-state index >= 15 is 0 Å². The molecule has 35 heteroatoms. The van der Waals surface area contributed by atoms with Gasteiger partial charge in [-0.3, -0.25) is 38.4 Å². The molecule has 0 unspecified atom stereocenters. The SMILES string of the molecule is CC(=O)c1sc2nc(C(=O)[O-])[nH]c(=O)c2c1C.CC(=O)c1sc2nc(C(=O)[O-])[nH]c(=O)c2c1C.CC(=O)c1sc2nc(C(=O)[O-])[nH]c(=O)c2c1C.CC(=O)c1sc2nc(C(=O)[O-])[nH]c(=O)c2c1C.O.O.O.[Na+].[Na+].[Na+].[Na+]. The van der Waals surface area contributed by atoms with Gasteiger partial charge in [0, 0.05) is 0 Å². The maximum atomic E-state index is 11.7. The van der Waals surface area contributed by atoms with Crippen LogP contribution in [0.4, 0.5) is 0 Å². The molecule has 8 rings (SSSR count). The topological polar surface area (TPSA) is 506 Å². The quantitative estimate of drug-likeness (QED) is 0.0811. The number of fused-ring (bicyclic) bond motifs is 4. The first-order valence-electron chi connectivity index (χ1n) is 18.7. The van der Waals surface area contributed by atoms with Crippen LogP contribution in [-0.4, -0.2) is 103 Å². The third kappa shape index (κ3) is 16.4. The van der Waals surface area contributed by atoms with Crippen LogP contribution in [0.1, 0.15) is 131 Å². The predicted molar refractivity (Wildman–Crippen MR) is 248 cm³/mol. The van der Waals surface area contributed by atoms with E-state index in [9.17, 15) is 78.0 Å². The van der Waals surface area contributed by atoms with Gasteiger partial charge in [0.15, 0.2) is 46.4 Å². The molecule has 8 aromatic rings. The molecular formula is C40H34N8Na4O19S4. The maximum Gasteiger partial charge on any atom is 1.00 e. The number of thiophene rings is 4. The summed E-state index contributed by atoms with van der Waals surface area (Å²) in [5.74, 6) is -9.06. The van der Waals surface area contributed by atoms with Crippen LogP contribution in [-0.2, 0) is 0 Å². The van der Waals surface area contributed by atoms with Crippen molar-refractivity contribution in [1.29, 1.82) is 0 Å². The number of H-pyrrole nitrogens is 4. The number of Topliss-reactive ketones (excluding diaryl/α,β-unsaturated/α-hetero) is 4. The second-order valence-corrected chi connectivity index (χ2v) is 18.0. The largest absolute Gasteiger partial charge is 1.00 e. The summed E-state index contributed by atoms with van der Waals surface area (Å²) < 4.78 is 0. The van der Waals surface area contributed by atoms with Gasteiger partial charge in [-0.15, -0.1) is 45.3 Å². The fourth-order valence-electron chi connectivity index (χ4n) is 6.31. The van der Waals surface area contributed by atoms with Gasteiger partial charge in [0.2, 0.25) is 0 Å². The summed E-state index contributed by atoms with van der Waals surface area (Å²) in [6, 6.07) is 0.